The van der Waals surface area contributed by atoms with E-state index in [0.717, 1.165) is 46.5 Å². The third-order valence-electron chi connectivity index (χ3n) is 25.1. The topological polar surface area (TPSA) is 516 Å². The molecule has 38 nitrogen and oxygen atoms in total. The zero-order valence-corrected chi connectivity index (χ0v) is 83.9. The molecule has 0 saturated carbocycles. The average molecular weight is 1970 g/mol. The van der Waals surface area contributed by atoms with Crippen molar-refractivity contribution in [2.24, 2.45) is 41.1 Å². The highest BCUT2D eigenvalue weighted by molar-refractivity contribution is 6.31. The number of carboxylic acid groups (broad SMARTS) is 1. The minimum Gasteiger partial charge on any atom is -0.481 e. The zero-order chi connectivity index (χ0) is 102. The highest BCUT2D eigenvalue weighted by Gasteiger charge is 2.43. The Morgan fingerprint density at radius 2 is 1.30 bits per heavy atom. The molecule has 4 aromatic carbocycles. The van der Waals surface area contributed by atoms with Gasteiger partial charge in [-0.25, -0.2) is 23.9 Å². The Morgan fingerprint density at radius 3 is 1.91 bits per heavy atom. The summed E-state index contributed by atoms with van der Waals surface area (Å²) in [6, 6.07) is 17.2. The number of likely N-dealkylation sites (tertiary alicyclic amines) is 1. The van der Waals surface area contributed by atoms with Crippen molar-refractivity contribution in [2.45, 2.75) is 233 Å². The SMILES string of the molecule is CC[C@H](C)[C@@H]([C@@H](CC(=O)N1CCC[C@H]1C[C@@H](C)C(=O)N[C@H](C)[C@@H](O)c1ccccc1)OC)N(C)C(=O)[C@@H](NC(=O)[C@H](C(C)C)N(C)C(=O)OCc1ccc(NC(=O)[C@H](CCCNC(N)=O)NC(=O)[C@@H](NC(=O)[C@H](CCC(=O)O)NC(=O)CCOCCOCCOCCOCCC(=O)NCCNc2ncc(-c3cc(C)cc(F)c3)c(N3CCC(N)CC3)c2-c2nc3ccc(Cl)cc3[nH]2)C(C)C)cc1)C(C)C. The van der Waals surface area contributed by atoms with E-state index in [9.17, 15) is 67.7 Å². The van der Waals surface area contributed by atoms with Crippen molar-refractivity contribution in [3.63, 3.8) is 0 Å². The van der Waals surface area contributed by atoms with E-state index in [-0.39, 0.29) is 158 Å². The van der Waals surface area contributed by atoms with Crippen LogP contribution in [0.25, 0.3) is 33.5 Å². The largest absolute Gasteiger partial charge is 0.481 e. The van der Waals surface area contributed by atoms with Crippen LogP contribution in [0.3, 0.4) is 0 Å². The normalized spacial score (nSPS) is 15.8. The van der Waals surface area contributed by atoms with Crippen molar-refractivity contribution in [3.8, 4) is 22.5 Å². The molecule has 2 aliphatic heterocycles. The van der Waals surface area contributed by atoms with Crippen molar-refractivity contribution >= 4 is 111 Å². The van der Waals surface area contributed by atoms with Gasteiger partial charge in [0.1, 0.15) is 54.3 Å². The molecule has 12 amide bonds. The smallest absolute Gasteiger partial charge is 0.410 e. The highest BCUT2D eigenvalue weighted by Crippen LogP contribution is 2.44. The molecular formula is C100H146ClFN18O20. The van der Waals surface area contributed by atoms with E-state index in [4.69, 9.17) is 61.5 Å². The number of primary amides is 1. The summed E-state index contributed by atoms with van der Waals surface area (Å²) in [5.41, 5.74) is 18.2. The van der Waals surface area contributed by atoms with Gasteiger partial charge in [-0.1, -0.05) is 129 Å². The predicted octanol–water partition coefficient (Wildman–Crippen LogP) is 9.02. The number of rotatable bonds is 58. The van der Waals surface area contributed by atoms with Crippen molar-refractivity contribution in [1.29, 1.82) is 0 Å². The second-order valence-corrected chi connectivity index (χ2v) is 37.5. The fraction of sp³-hybridized carbons (Fsp3) is 0.580. The quantitative estimate of drug-likeness (QED) is 0.0158. The van der Waals surface area contributed by atoms with Crippen molar-refractivity contribution < 1.29 is 101 Å². The lowest BCUT2D eigenvalue weighted by Gasteiger charge is -2.40. The Balaban J connectivity index is 0.738. The number of aryl methyl sites for hydroxylation is 1. The Kier molecular flexibility index (Phi) is 46.4. The number of fused-ring (bicyclic) bond motifs is 1. The summed E-state index contributed by atoms with van der Waals surface area (Å²) in [5.74, 6) is -7.48. The van der Waals surface area contributed by atoms with Gasteiger partial charge >= 0.3 is 18.1 Å². The molecule has 16 N–H and O–H groups in total. The number of ether oxygens (including phenoxy) is 6. The van der Waals surface area contributed by atoms with Gasteiger partial charge in [0, 0.05) is 120 Å². The number of hydrogen-bond donors (Lipinski definition) is 14. The van der Waals surface area contributed by atoms with Gasteiger partial charge in [0.2, 0.25) is 53.2 Å². The molecule has 0 bridgehead atoms. The monoisotopic (exact) mass is 1970 g/mol. The predicted molar refractivity (Wildman–Crippen MR) is 530 cm³/mol. The number of nitrogens with two attached hydrogens (primary N) is 2. The number of H-pyrrole nitrogens is 1. The van der Waals surface area contributed by atoms with Crippen LogP contribution in [-0.4, -0.2) is 285 Å². The van der Waals surface area contributed by atoms with Crippen LogP contribution in [0.5, 0.6) is 0 Å². The maximum atomic E-state index is 15.0. The Labute approximate surface area is 824 Å². The minimum absolute atomic E-state index is 0.0247. The van der Waals surface area contributed by atoms with Crippen LogP contribution in [0.2, 0.25) is 5.02 Å². The molecule has 6 aromatic rings. The molecule has 12 atom stereocenters. The number of likely N-dealkylation sites (N-methyl/N-ethyl adjacent to an activating group) is 2. The summed E-state index contributed by atoms with van der Waals surface area (Å²) < 4.78 is 49.3. The Bertz CT molecular complexity index is 5030. The molecule has 770 valence electrons. The number of carbonyl (C=O) groups excluding carboxylic acids is 11. The number of hydrogen-bond acceptors (Lipinski definition) is 24. The lowest BCUT2D eigenvalue weighted by atomic mass is 9.89. The zero-order valence-electron chi connectivity index (χ0n) is 83.1. The van der Waals surface area contributed by atoms with Crippen LogP contribution in [0.1, 0.15) is 176 Å². The lowest BCUT2D eigenvalue weighted by Crippen LogP contribution is -2.60. The van der Waals surface area contributed by atoms with Gasteiger partial charge in [-0.15, -0.1) is 0 Å². The molecule has 0 aliphatic carbocycles. The van der Waals surface area contributed by atoms with E-state index in [1.807, 2.05) is 58.0 Å². The van der Waals surface area contributed by atoms with Gasteiger partial charge in [0.15, 0.2) is 0 Å². The number of carbonyl (C=O) groups is 12. The number of halogens is 2. The van der Waals surface area contributed by atoms with Crippen LogP contribution in [0.4, 0.5) is 31.2 Å². The summed E-state index contributed by atoms with van der Waals surface area (Å²) in [5, 5.41) is 46.4. The van der Waals surface area contributed by atoms with Crippen LogP contribution < -0.4 is 64.2 Å². The number of nitrogens with zero attached hydrogens (tertiary/aromatic N) is 6. The van der Waals surface area contributed by atoms with E-state index in [1.54, 1.807) is 108 Å². The third-order valence-corrected chi connectivity index (χ3v) is 25.4. The number of benzene rings is 4. The molecule has 2 aromatic heterocycles. The number of aromatic nitrogens is 3. The van der Waals surface area contributed by atoms with E-state index in [0.29, 0.717) is 89.9 Å². The number of imidazole rings is 1. The number of anilines is 3. The maximum absolute atomic E-state index is 15.0. The first-order chi connectivity index (χ1) is 66.8. The summed E-state index contributed by atoms with van der Waals surface area (Å²) in [4.78, 5) is 183. The number of aliphatic hydroxyl groups is 1. The molecule has 4 heterocycles. The van der Waals surface area contributed by atoms with E-state index < -0.39 is 138 Å². The third kappa shape index (κ3) is 35.2. The molecule has 2 aliphatic rings. The molecule has 8 rings (SSSR count). The first kappa shape index (κ1) is 114. The summed E-state index contributed by atoms with van der Waals surface area (Å²) in [6.45, 7) is 23.0. The van der Waals surface area contributed by atoms with Crippen LogP contribution in [0, 0.1) is 42.3 Å². The first-order valence-electron chi connectivity index (χ1n) is 48.4. The summed E-state index contributed by atoms with van der Waals surface area (Å²) in [7, 11) is 4.55. The summed E-state index contributed by atoms with van der Waals surface area (Å²) >= 11 is 6.39. The van der Waals surface area contributed by atoms with Crippen molar-refractivity contribution in [3.05, 3.63) is 125 Å². The van der Waals surface area contributed by atoms with Crippen molar-refractivity contribution in [2.75, 3.05) is 129 Å². The molecule has 2 saturated heterocycles. The Hall–Kier alpha value is -11.7. The molecule has 0 radical (unpaired) electrons. The number of urea groups is 1. The summed E-state index contributed by atoms with van der Waals surface area (Å²) in [6.07, 6.45) is 2.21. The van der Waals surface area contributed by atoms with E-state index in [1.165, 1.54) is 38.4 Å². The Morgan fingerprint density at radius 1 is 0.664 bits per heavy atom. The number of aromatic amines is 1. The number of piperidine rings is 1. The molecule has 40 heteroatoms. The minimum atomic E-state index is -1.41. The van der Waals surface area contributed by atoms with Crippen LogP contribution >= 0.6 is 11.6 Å². The number of nitrogens with one attached hydrogen (secondary N) is 10. The van der Waals surface area contributed by atoms with E-state index >= 15 is 4.39 Å². The van der Waals surface area contributed by atoms with Gasteiger partial charge < -0.3 is 118 Å². The highest BCUT2D eigenvalue weighted by atomic mass is 35.5. The van der Waals surface area contributed by atoms with Gasteiger partial charge in [-0.05, 0) is 154 Å². The van der Waals surface area contributed by atoms with Gasteiger partial charge in [0.05, 0.1) is 106 Å². The standard InChI is InChI=1S/C100H146ClFN18O20/c1-15-63(9)88(79(135-14)56-82(123)120-40-20-23-73(120)53-64(10)93(127)109-65(11)90(126)67-21-17-16-18-22-67)117(12)98(132)86(60(4)5)116-97(131)87(61(6)7)118(13)100(134)140-58-66-25-28-72(29-26-66)110-94(128)76(24-19-37-107-99(104)133)114-96(130)85(59(2)3)115-95(129)77(31-32-83(124)125)111-81(122)36-44-137-46-48-139-50-49-138-47-45-136-43-35-80(121)105-38-39-106-91-84(92-112-75-30-27-69(101)55-78(75)113-92)89(119-41-33-71(103)34-42-119)74(57-108-91)68-51-62(8)52-70(102)54-68/h16-18,21-22,25-30,51-52,54-55,57,59-61,63-65,71,73,76-77,79,85-88,90,126H,15,19-20,23-24,31-50,53,56,58,103H2,1-14H3,(H,105,121)(H,106,108)(H,109,127)(H,110,128)(H,111,122)(H,112,113)(H,114,130)(H,115,129)(H,116,131)(H,124,125)(H3,104,107,133)/t63-,64+,65+,73-,76-,77-,79+,85-,86-,87-,88-,90+/m0/s1. The van der Waals surface area contributed by atoms with E-state index in [2.05, 4.69) is 57.7 Å². The molecule has 0 spiro atoms. The van der Waals surface area contributed by atoms with Crippen LogP contribution in [0.15, 0.2) is 97.2 Å². The second kappa shape index (κ2) is 57.3. The van der Waals surface area contributed by atoms with Gasteiger partial charge in [0.25, 0.3) is 0 Å². The fourth-order valence-corrected chi connectivity index (χ4v) is 17.4. The first-order valence-corrected chi connectivity index (χ1v) is 48.8. The van der Waals surface area contributed by atoms with Crippen LogP contribution in [-0.2, 0) is 83.0 Å². The second-order valence-electron chi connectivity index (χ2n) is 37.1. The number of aliphatic carboxylic acids is 1. The molecular weight excluding hydrogens is 1830 g/mol. The molecule has 140 heavy (non-hydrogen) atoms. The number of methoxy groups -OCH3 is 1. The molecule has 0 unspecified atom stereocenters. The lowest BCUT2D eigenvalue weighted by molar-refractivity contribution is -0.146. The van der Waals surface area contributed by atoms with Gasteiger partial charge in [-0.3, -0.25) is 52.8 Å². The molecule has 2 fully saturated rings. The maximum Gasteiger partial charge on any atom is 0.410 e. The number of carboxylic acids is 1. The number of aliphatic hydroxyl groups excluding tert-OH is 1. The number of pyridine rings is 1. The average Bonchev–Trinajstić information content (AvgIpc) is 1.52. The van der Waals surface area contributed by atoms with Crippen molar-refractivity contribution in [1.82, 2.24) is 66.9 Å². The number of amides is 12. The fourth-order valence-electron chi connectivity index (χ4n) is 17.2. The van der Waals surface area contributed by atoms with Gasteiger partial charge in [-0.2, -0.15) is 0 Å².